The van der Waals surface area contributed by atoms with Crippen molar-refractivity contribution in [1.29, 1.82) is 0 Å². The zero-order valence-electron chi connectivity index (χ0n) is 20.9. The van der Waals surface area contributed by atoms with Gasteiger partial charge in [-0.3, -0.25) is 4.90 Å². The molecule has 0 aliphatic carbocycles. The molecule has 2 aromatic rings. The van der Waals surface area contributed by atoms with Gasteiger partial charge in [0.25, 0.3) is 0 Å². The second-order valence-electron chi connectivity index (χ2n) is 9.98. The van der Waals surface area contributed by atoms with Crippen molar-refractivity contribution in [3.05, 3.63) is 71.9 Å². The summed E-state index contributed by atoms with van der Waals surface area (Å²) in [4.78, 5) is 14.8. The van der Waals surface area contributed by atoms with E-state index < -0.39 is 10.0 Å². The van der Waals surface area contributed by atoms with Gasteiger partial charge in [-0.1, -0.05) is 18.2 Å². The smallest absolute Gasteiger partial charge is 0.327 e. The third-order valence-corrected chi connectivity index (χ3v) is 8.80. The van der Waals surface area contributed by atoms with Gasteiger partial charge in [-0.15, -0.1) is 0 Å². The van der Waals surface area contributed by atoms with Crippen LogP contribution in [0.2, 0.25) is 0 Å². The minimum atomic E-state index is -3.58. The Morgan fingerprint density at radius 1 is 0.947 bits per heavy atom. The maximum absolute atomic E-state index is 12.9. The molecule has 10 nitrogen and oxygen atoms in total. The largest absolute Gasteiger partial charge is 0.489 e. The van der Waals surface area contributed by atoms with Crippen LogP contribution in [0.5, 0.6) is 5.75 Å². The van der Waals surface area contributed by atoms with Gasteiger partial charge in [0.15, 0.2) is 0 Å². The van der Waals surface area contributed by atoms with Gasteiger partial charge in [0, 0.05) is 36.1 Å². The Hall–Kier alpha value is -3.38. The quantitative estimate of drug-likeness (QED) is 0.366. The first kappa shape index (κ1) is 24.9. The lowest BCUT2D eigenvalue weighted by atomic mass is 10.1. The number of hydrogen-bond acceptors (Lipinski definition) is 7. The second-order valence-corrected chi connectivity index (χ2v) is 11.7. The van der Waals surface area contributed by atoms with E-state index in [1.54, 1.807) is 29.2 Å². The van der Waals surface area contributed by atoms with Gasteiger partial charge in [0.1, 0.15) is 18.0 Å². The predicted octanol–water partition coefficient (Wildman–Crippen LogP) is 1.84. The lowest BCUT2D eigenvalue weighted by molar-refractivity contribution is 0.223. The molecule has 2 amide bonds. The third-order valence-electron chi connectivity index (χ3n) is 7.26. The highest BCUT2D eigenvalue weighted by atomic mass is 32.2. The van der Waals surface area contributed by atoms with Crippen LogP contribution in [-0.2, 0) is 10.0 Å². The van der Waals surface area contributed by atoms with Gasteiger partial charge >= 0.3 is 6.03 Å². The highest BCUT2D eigenvalue weighted by molar-refractivity contribution is 7.89. The number of sulfonamides is 1. The molecule has 0 bridgehead atoms. The molecule has 11 heteroatoms. The molecule has 2 saturated heterocycles. The van der Waals surface area contributed by atoms with Crippen molar-refractivity contribution in [3.8, 4) is 5.75 Å². The molecule has 2 unspecified atom stereocenters. The van der Waals surface area contributed by atoms with Crippen LogP contribution in [-0.4, -0.2) is 58.9 Å². The van der Waals surface area contributed by atoms with Crippen LogP contribution < -0.4 is 35.6 Å². The summed E-state index contributed by atoms with van der Waals surface area (Å²) in [5, 5.41) is 12.9. The third kappa shape index (κ3) is 5.28. The van der Waals surface area contributed by atoms with Gasteiger partial charge in [0.2, 0.25) is 10.0 Å². The first-order valence-electron chi connectivity index (χ1n) is 13.1. The maximum Gasteiger partial charge on any atom is 0.327 e. The van der Waals surface area contributed by atoms with E-state index in [1.165, 1.54) is 0 Å². The maximum atomic E-state index is 12.9. The van der Waals surface area contributed by atoms with Gasteiger partial charge < -0.3 is 26.0 Å². The average molecular weight is 537 g/mol. The lowest BCUT2D eigenvalue weighted by Crippen LogP contribution is -2.51. The van der Waals surface area contributed by atoms with Gasteiger partial charge in [0.05, 0.1) is 10.6 Å². The zero-order valence-corrected chi connectivity index (χ0v) is 21.8. The zero-order chi connectivity index (χ0) is 26.1. The molecule has 5 N–H and O–H groups in total. The summed E-state index contributed by atoms with van der Waals surface area (Å²) >= 11 is 0. The summed E-state index contributed by atoms with van der Waals surface area (Å²) in [5.41, 5.74) is 3.26. The lowest BCUT2D eigenvalue weighted by Gasteiger charge is -2.29. The van der Waals surface area contributed by atoms with Gasteiger partial charge in [-0.25, -0.2) is 17.9 Å². The van der Waals surface area contributed by atoms with E-state index in [0.717, 1.165) is 73.7 Å². The molecule has 0 aromatic heterocycles. The van der Waals surface area contributed by atoms with Crippen LogP contribution >= 0.6 is 0 Å². The Morgan fingerprint density at radius 2 is 1.74 bits per heavy atom. The van der Waals surface area contributed by atoms with E-state index in [9.17, 15) is 13.2 Å². The normalized spacial score (nSPS) is 23.8. The first-order chi connectivity index (χ1) is 18.4. The standard InChI is InChI=1S/C27H32N6O4S/c34-27-31-26-19(17-33(27)21-2-1-3-22(15-21)37-23-10-13-29-16-23)14-25(30-26)18-4-6-24(7-5-18)38(35,36)32-20-8-11-28-12-9-20/h1-7,14-15,17,20,23,26,28-30,32H,8-13,16H2,(H,31,34). The fourth-order valence-corrected chi connectivity index (χ4v) is 6.49. The molecule has 0 saturated carbocycles. The fourth-order valence-electron chi connectivity index (χ4n) is 5.19. The topological polar surface area (TPSA) is 124 Å². The summed E-state index contributed by atoms with van der Waals surface area (Å²) in [6.07, 6.45) is 6.09. The molecular formula is C27H32N6O4S. The van der Waals surface area contributed by atoms with Crippen LogP contribution in [0.1, 0.15) is 24.8 Å². The van der Waals surface area contributed by atoms with Crippen molar-refractivity contribution >= 4 is 27.4 Å². The molecule has 2 atom stereocenters. The van der Waals surface area contributed by atoms with Gasteiger partial charge in [-0.05, 0) is 74.8 Å². The van der Waals surface area contributed by atoms with Crippen molar-refractivity contribution in [1.82, 2.24) is 26.0 Å². The van der Waals surface area contributed by atoms with E-state index in [1.807, 2.05) is 36.5 Å². The molecular weight excluding hydrogens is 504 g/mol. The molecule has 4 heterocycles. The summed E-state index contributed by atoms with van der Waals surface area (Å²) in [6.45, 7) is 3.39. The van der Waals surface area contributed by atoms with Crippen LogP contribution in [0.4, 0.5) is 10.5 Å². The number of anilines is 1. The van der Waals surface area contributed by atoms with Crippen molar-refractivity contribution in [2.75, 3.05) is 31.1 Å². The number of rotatable bonds is 7. The van der Waals surface area contributed by atoms with Gasteiger partial charge in [-0.2, -0.15) is 0 Å². The van der Waals surface area contributed by atoms with E-state index in [4.69, 9.17) is 4.74 Å². The fraction of sp³-hybridized carbons (Fsp3) is 0.370. The molecule has 2 aromatic carbocycles. The number of hydrogen-bond donors (Lipinski definition) is 5. The molecule has 2 fully saturated rings. The SMILES string of the molecule is O=C1NC2NC(c3ccc(S(=O)(=O)NC4CCNCC4)cc3)=CC2=CN1c1cccc(OC2CCNC2)c1. The number of nitrogens with zero attached hydrogens (tertiary/aromatic N) is 1. The number of fused-ring (bicyclic) bond motifs is 1. The molecule has 4 aliphatic rings. The number of piperidine rings is 1. The minimum Gasteiger partial charge on any atom is -0.489 e. The average Bonchev–Trinajstić information content (AvgIpc) is 3.58. The van der Waals surface area contributed by atoms with Crippen LogP contribution in [0.15, 0.2) is 71.3 Å². The van der Waals surface area contributed by atoms with Crippen LogP contribution in [0, 0.1) is 0 Å². The molecule has 4 aliphatic heterocycles. The molecule has 200 valence electrons. The first-order valence-corrected chi connectivity index (χ1v) is 14.5. The van der Waals surface area contributed by atoms with Crippen LogP contribution in [0.3, 0.4) is 0 Å². The highest BCUT2D eigenvalue weighted by Crippen LogP contribution is 2.30. The minimum absolute atomic E-state index is 0.0475. The van der Waals surface area contributed by atoms with E-state index in [-0.39, 0.29) is 29.2 Å². The molecule has 0 spiro atoms. The summed E-state index contributed by atoms with van der Waals surface area (Å²) < 4.78 is 34.5. The van der Waals surface area contributed by atoms with Crippen LogP contribution in [0.25, 0.3) is 5.70 Å². The van der Waals surface area contributed by atoms with E-state index >= 15 is 0 Å². The Labute approximate surface area is 222 Å². The van der Waals surface area contributed by atoms with Crippen molar-refractivity contribution in [3.63, 3.8) is 0 Å². The van der Waals surface area contributed by atoms with Crippen molar-refractivity contribution in [2.24, 2.45) is 0 Å². The number of carbonyl (C=O) groups is 1. The van der Waals surface area contributed by atoms with E-state index in [0.29, 0.717) is 0 Å². The summed E-state index contributed by atoms with van der Waals surface area (Å²) in [6, 6.07) is 14.1. The monoisotopic (exact) mass is 536 g/mol. The van der Waals surface area contributed by atoms with Crippen molar-refractivity contribution < 1.29 is 17.9 Å². The molecule has 6 rings (SSSR count). The molecule has 0 radical (unpaired) electrons. The number of amides is 2. The second kappa shape index (κ2) is 10.4. The summed E-state index contributed by atoms with van der Waals surface area (Å²) in [7, 11) is -3.58. The highest BCUT2D eigenvalue weighted by Gasteiger charge is 2.31. The number of carbonyl (C=O) groups excluding carboxylic acids is 1. The number of urea groups is 1. The Bertz CT molecular complexity index is 1360. The predicted molar refractivity (Wildman–Crippen MR) is 145 cm³/mol. The summed E-state index contributed by atoms with van der Waals surface area (Å²) in [5.74, 6) is 0.731. The Kier molecular flexibility index (Phi) is 6.83. The number of benzene rings is 2. The van der Waals surface area contributed by atoms with E-state index in [2.05, 4.69) is 26.0 Å². The number of nitrogens with one attached hydrogen (secondary N) is 5. The van der Waals surface area contributed by atoms with Crippen molar-refractivity contribution in [2.45, 2.75) is 42.5 Å². The molecule has 38 heavy (non-hydrogen) atoms. The number of ether oxygens (including phenoxy) is 1. The Morgan fingerprint density at radius 3 is 2.50 bits per heavy atom. The Balaban J connectivity index is 1.17.